The molecule has 2 N–H and O–H groups in total. The Bertz CT molecular complexity index is 645. The molecule has 0 amide bonds. The van der Waals surface area contributed by atoms with Crippen LogP contribution in [0.3, 0.4) is 0 Å². The lowest BCUT2D eigenvalue weighted by Gasteiger charge is -2.25. The first-order valence-electron chi connectivity index (χ1n) is 7.84. The molecule has 3 heteroatoms. The van der Waals surface area contributed by atoms with Crippen LogP contribution in [0.5, 0.6) is 0 Å². The highest BCUT2D eigenvalue weighted by Gasteiger charge is 2.18. The van der Waals surface area contributed by atoms with Crippen molar-refractivity contribution < 1.29 is 9.90 Å². The van der Waals surface area contributed by atoms with Gasteiger partial charge in [-0.2, -0.15) is 0 Å². The average Bonchev–Trinajstić information content (AvgIpc) is 2.47. The van der Waals surface area contributed by atoms with Crippen LogP contribution in [0, 0.1) is 0 Å². The molecule has 1 saturated carbocycles. The van der Waals surface area contributed by atoms with E-state index in [2.05, 4.69) is 29.6 Å². The Hall–Kier alpha value is -2.13. The van der Waals surface area contributed by atoms with Gasteiger partial charge < -0.3 is 10.4 Å². The molecule has 1 aliphatic rings. The van der Waals surface area contributed by atoms with Gasteiger partial charge >= 0.3 is 5.97 Å². The number of benzene rings is 2. The van der Waals surface area contributed by atoms with Crippen LogP contribution in [0.25, 0.3) is 0 Å². The lowest BCUT2D eigenvalue weighted by molar-refractivity contribution is 0.0696. The molecule has 0 saturated heterocycles. The Labute approximate surface area is 131 Å². The summed E-state index contributed by atoms with van der Waals surface area (Å²) in [4.78, 5) is 10.9. The lowest BCUT2D eigenvalue weighted by atomic mass is 9.80. The summed E-state index contributed by atoms with van der Waals surface area (Å²) in [5.74, 6) is -0.103. The van der Waals surface area contributed by atoms with E-state index in [4.69, 9.17) is 5.11 Å². The Balaban J connectivity index is 1.52. The largest absolute Gasteiger partial charge is 0.478 e. The molecule has 3 nitrogen and oxygen atoms in total. The number of aromatic carboxylic acids is 1. The number of carbonyl (C=O) groups is 1. The molecule has 0 aliphatic heterocycles. The van der Waals surface area contributed by atoms with Gasteiger partial charge in [0, 0.05) is 13.1 Å². The van der Waals surface area contributed by atoms with Crippen LogP contribution in [0.1, 0.15) is 52.2 Å². The Morgan fingerprint density at radius 2 is 1.77 bits per heavy atom. The van der Waals surface area contributed by atoms with E-state index in [0.717, 1.165) is 18.0 Å². The minimum atomic E-state index is -0.881. The topological polar surface area (TPSA) is 49.3 Å². The van der Waals surface area contributed by atoms with Crippen LogP contribution in [0.15, 0.2) is 48.5 Å². The highest BCUT2D eigenvalue weighted by Crippen LogP contribution is 2.36. The van der Waals surface area contributed by atoms with Crippen molar-refractivity contribution in [2.75, 3.05) is 0 Å². The zero-order valence-electron chi connectivity index (χ0n) is 12.6. The monoisotopic (exact) mass is 295 g/mol. The SMILES string of the molecule is O=C(O)c1cccc(CNCc2ccc(C3CCC3)cc2)c1. The van der Waals surface area contributed by atoms with Gasteiger partial charge in [0.15, 0.2) is 0 Å². The summed E-state index contributed by atoms with van der Waals surface area (Å²) in [5, 5.41) is 12.4. The van der Waals surface area contributed by atoms with Crippen LogP contribution in [0.4, 0.5) is 0 Å². The van der Waals surface area contributed by atoms with Crippen LogP contribution in [0.2, 0.25) is 0 Å². The minimum absolute atomic E-state index is 0.337. The van der Waals surface area contributed by atoms with E-state index in [1.165, 1.54) is 30.4 Å². The summed E-state index contributed by atoms with van der Waals surface area (Å²) < 4.78 is 0. The van der Waals surface area contributed by atoms with Crippen molar-refractivity contribution in [3.63, 3.8) is 0 Å². The van der Waals surface area contributed by atoms with Gasteiger partial charge in [-0.1, -0.05) is 42.8 Å². The van der Waals surface area contributed by atoms with E-state index in [-0.39, 0.29) is 0 Å². The molecular weight excluding hydrogens is 274 g/mol. The molecule has 0 aromatic heterocycles. The quantitative estimate of drug-likeness (QED) is 0.848. The van der Waals surface area contributed by atoms with Gasteiger partial charge in [0.2, 0.25) is 0 Å². The molecule has 2 aromatic carbocycles. The maximum atomic E-state index is 10.9. The van der Waals surface area contributed by atoms with Gasteiger partial charge in [0.05, 0.1) is 5.56 Å². The lowest BCUT2D eigenvalue weighted by Crippen LogP contribution is -2.13. The smallest absolute Gasteiger partial charge is 0.335 e. The molecule has 0 spiro atoms. The molecule has 2 aromatic rings. The van der Waals surface area contributed by atoms with E-state index < -0.39 is 5.97 Å². The summed E-state index contributed by atoms with van der Waals surface area (Å²) in [6, 6.07) is 15.9. The Morgan fingerprint density at radius 1 is 1.05 bits per heavy atom. The summed E-state index contributed by atoms with van der Waals surface area (Å²) in [6.07, 6.45) is 4.03. The maximum absolute atomic E-state index is 10.9. The molecular formula is C19H21NO2. The maximum Gasteiger partial charge on any atom is 0.335 e. The standard InChI is InChI=1S/C19H21NO2/c21-19(22)18-6-1-3-15(11-18)13-20-12-14-7-9-17(10-8-14)16-4-2-5-16/h1,3,6-11,16,20H,2,4-5,12-13H2,(H,21,22). The van der Waals surface area contributed by atoms with Crippen molar-refractivity contribution in [2.24, 2.45) is 0 Å². The Morgan fingerprint density at radius 3 is 2.41 bits per heavy atom. The van der Waals surface area contributed by atoms with E-state index in [1.54, 1.807) is 18.2 Å². The molecule has 1 aliphatic carbocycles. The molecule has 0 atom stereocenters. The Kier molecular flexibility index (Phi) is 4.54. The van der Waals surface area contributed by atoms with Gasteiger partial charge in [-0.3, -0.25) is 0 Å². The minimum Gasteiger partial charge on any atom is -0.478 e. The van der Waals surface area contributed by atoms with E-state index in [0.29, 0.717) is 12.1 Å². The fourth-order valence-electron chi connectivity index (χ4n) is 2.81. The number of hydrogen-bond acceptors (Lipinski definition) is 2. The fraction of sp³-hybridized carbons (Fsp3) is 0.316. The van der Waals surface area contributed by atoms with Crippen LogP contribution in [-0.2, 0) is 13.1 Å². The number of nitrogens with one attached hydrogen (secondary N) is 1. The van der Waals surface area contributed by atoms with Gasteiger partial charge in [0.1, 0.15) is 0 Å². The highest BCUT2D eigenvalue weighted by atomic mass is 16.4. The molecule has 3 rings (SSSR count). The summed E-state index contributed by atoms with van der Waals surface area (Å²) in [5.41, 5.74) is 4.05. The van der Waals surface area contributed by atoms with E-state index >= 15 is 0 Å². The van der Waals surface area contributed by atoms with Crippen LogP contribution < -0.4 is 5.32 Å². The van der Waals surface area contributed by atoms with Crippen molar-refractivity contribution in [1.82, 2.24) is 5.32 Å². The molecule has 0 bridgehead atoms. The average molecular weight is 295 g/mol. The number of carboxylic acids is 1. The zero-order chi connectivity index (χ0) is 15.4. The first-order chi connectivity index (χ1) is 10.7. The predicted octanol–water partition coefficient (Wildman–Crippen LogP) is 3.94. The van der Waals surface area contributed by atoms with E-state index in [1.807, 2.05) is 6.07 Å². The van der Waals surface area contributed by atoms with E-state index in [9.17, 15) is 4.79 Å². The summed E-state index contributed by atoms with van der Waals surface area (Å²) in [7, 11) is 0. The molecule has 22 heavy (non-hydrogen) atoms. The first-order valence-corrected chi connectivity index (χ1v) is 7.84. The van der Waals surface area contributed by atoms with Crippen molar-refractivity contribution in [3.8, 4) is 0 Å². The second-order valence-electron chi connectivity index (χ2n) is 5.98. The van der Waals surface area contributed by atoms with Crippen molar-refractivity contribution in [3.05, 3.63) is 70.8 Å². The van der Waals surface area contributed by atoms with Crippen LogP contribution in [-0.4, -0.2) is 11.1 Å². The zero-order valence-corrected chi connectivity index (χ0v) is 12.6. The van der Waals surface area contributed by atoms with Gasteiger partial charge in [-0.05, 0) is 47.6 Å². The first kappa shape index (κ1) is 14.8. The van der Waals surface area contributed by atoms with Gasteiger partial charge in [-0.15, -0.1) is 0 Å². The van der Waals surface area contributed by atoms with Crippen molar-refractivity contribution in [2.45, 2.75) is 38.3 Å². The molecule has 114 valence electrons. The second-order valence-corrected chi connectivity index (χ2v) is 5.98. The van der Waals surface area contributed by atoms with Crippen molar-refractivity contribution in [1.29, 1.82) is 0 Å². The summed E-state index contributed by atoms with van der Waals surface area (Å²) >= 11 is 0. The number of rotatable bonds is 6. The third kappa shape index (κ3) is 3.55. The van der Waals surface area contributed by atoms with Gasteiger partial charge in [0.25, 0.3) is 0 Å². The molecule has 0 radical (unpaired) electrons. The molecule has 0 unspecified atom stereocenters. The van der Waals surface area contributed by atoms with Crippen molar-refractivity contribution >= 4 is 5.97 Å². The highest BCUT2D eigenvalue weighted by molar-refractivity contribution is 5.87. The molecule has 1 fully saturated rings. The van der Waals surface area contributed by atoms with Gasteiger partial charge in [-0.25, -0.2) is 4.79 Å². The number of carboxylic acid groups (broad SMARTS) is 1. The predicted molar refractivity (Wildman–Crippen MR) is 87.0 cm³/mol. The molecule has 0 heterocycles. The summed E-state index contributed by atoms with van der Waals surface area (Å²) in [6.45, 7) is 1.47. The normalized spacial score (nSPS) is 14.5. The fourth-order valence-corrected chi connectivity index (χ4v) is 2.81. The van der Waals surface area contributed by atoms with Crippen LogP contribution >= 0.6 is 0 Å². The third-order valence-electron chi connectivity index (χ3n) is 4.39. The number of hydrogen-bond donors (Lipinski definition) is 2. The third-order valence-corrected chi connectivity index (χ3v) is 4.39. The second kappa shape index (κ2) is 6.75.